The maximum atomic E-state index is 13.3. The fourth-order valence-electron chi connectivity index (χ4n) is 2.70. The summed E-state index contributed by atoms with van der Waals surface area (Å²) in [6.07, 6.45) is 0.684. The van der Waals surface area contributed by atoms with Crippen LogP contribution in [0.5, 0.6) is 0 Å². The summed E-state index contributed by atoms with van der Waals surface area (Å²) in [6, 6.07) is 2.88. The first-order valence-electron chi connectivity index (χ1n) is 6.46. The Bertz CT molecular complexity index is 524. The highest BCUT2D eigenvalue weighted by molar-refractivity contribution is 6.42. The molecule has 2 rings (SSSR count). The molecule has 2 unspecified atom stereocenters. The van der Waals surface area contributed by atoms with Gasteiger partial charge >= 0.3 is 5.97 Å². The van der Waals surface area contributed by atoms with Gasteiger partial charge < -0.3 is 5.11 Å². The Kier molecular flexibility index (Phi) is 4.89. The number of carboxylic acid groups (broad SMARTS) is 1. The number of hydrogen-bond donors (Lipinski definition) is 1. The van der Waals surface area contributed by atoms with Crippen molar-refractivity contribution in [1.82, 2.24) is 4.90 Å². The summed E-state index contributed by atoms with van der Waals surface area (Å²) in [7, 11) is 0. The molecule has 1 saturated heterocycles. The fourth-order valence-corrected chi connectivity index (χ4v) is 3.10. The van der Waals surface area contributed by atoms with Gasteiger partial charge in [0.05, 0.1) is 16.0 Å². The van der Waals surface area contributed by atoms with Crippen molar-refractivity contribution in [3.8, 4) is 0 Å². The zero-order chi connectivity index (χ0) is 14.9. The first-order chi connectivity index (χ1) is 9.38. The van der Waals surface area contributed by atoms with Crippen molar-refractivity contribution in [1.29, 1.82) is 0 Å². The van der Waals surface area contributed by atoms with E-state index in [-0.39, 0.29) is 16.0 Å². The number of halogens is 3. The Labute approximate surface area is 127 Å². The summed E-state index contributed by atoms with van der Waals surface area (Å²) < 4.78 is 13.3. The molecule has 0 aliphatic carbocycles. The van der Waals surface area contributed by atoms with E-state index in [4.69, 9.17) is 28.3 Å². The number of piperidine rings is 1. The number of carboxylic acids is 1. The minimum atomic E-state index is -0.773. The van der Waals surface area contributed by atoms with Gasteiger partial charge in [0.25, 0.3) is 0 Å². The van der Waals surface area contributed by atoms with Crippen LogP contribution >= 0.6 is 23.2 Å². The van der Waals surface area contributed by atoms with E-state index >= 15 is 0 Å². The molecular formula is C14H16Cl2FNO2. The molecule has 0 amide bonds. The Hall–Kier alpha value is -0.840. The van der Waals surface area contributed by atoms with Gasteiger partial charge in [-0.1, -0.05) is 36.2 Å². The topological polar surface area (TPSA) is 40.5 Å². The normalized spacial score (nSPS) is 23.8. The van der Waals surface area contributed by atoms with Crippen molar-refractivity contribution >= 4 is 29.2 Å². The van der Waals surface area contributed by atoms with E-state index in [1.165, 1.54) is 6.07 Å². The standard InChI is InChI=1S/C14H16Cl2FNO2/c1-8-4-10(14(19)20)7-18(5-8)6-9-2-3-11(17)13(16)12(9)15/h2-3,8,10H,4-7H2,1H3,(H,19,20). The monoisotopic (exact) mass is 319 g/mol. The summed E-state index contributed by atoms with van der Waals surface area (Å²) >= 11 is 11.8. The van der Waals surface area contributed by atoms with Crippen LogP contribution < -0.4 is 0 Å². The second-order valence-electron chi connectivity index (χ2n) is 5.40. The lowest BCUT2D eigenvalue weighted by Crippen LogP contribution is -2.42. The Morgan fingerprint density at radius 2 is 2.10 bits per heavy atom. The van der Waals surface area contributed by atoms with Gasteiger partial charge in [-0.25, -0.2) is 4.39 Å². The van der Waals surface area contributed by atoms with Gasteiger partial charge in [-0.15, -0.1) is 0 Å². The van der Waals surface area contributed by atoms with E-state index in [1.807, 2.05) is 11.8 Å². The van der Waals surface area contributed by atoms with Crippen LogP contribution in [0.3, 0.4) is 0 Å². The van der Waals surface area contributed by atoms with Gasteiger partial charge in [0, 0.05) is 19.6 Å². The SMILES string of the molecule is CC1CC(C(=O)O)CN(Cc2ccc(F)c(Cl)c2Cl)C1. The van der Waals surface area contributed by atoms with Crippen LogP contribution in [0.4, 0.5) is 4.39 Å². The number of aliphatic carboxylic acids is 1. The van der Waals surface area contributed by atoms with Gasteiger partial charge in [-0.05, 0) is 24.0 Å². The predicted octanol–water partition coefficient (Wildman–Crippen LogP) is 3.68. The molecule has 20 heavy (non-hydrogen) atoms. The van der Waals surface area contributed by atoms with Gasteiger partial charge in [0.15, 0.2) is 0 Å². The van der Waals surface area contributed by atoms with E-state index in [9.17, 15) is 9.18 Å². The highest BCUT2D eigenvalue weighted by atomic mass is 35.5. The van der Waals surface area contributed by atoms with Crippen molar-refractivity contribution in [3.63, 3.8) is 0 Å². The van der Waals surface area contributed by atoms with Crippen LogP contribution in [-0.4, -0.2) is 29.1 Å². The number of nitrogens with zero attached hydrogens (tertiary/aromatic N) is 1. The number of likely N-dealkylation sites (tertiary alicyclic amines) is 1. The fraction of sp³-hybridized carbons (Fsp3) is 0.500. The molecule has 3 nitrogen and oxygen atoms in total. The van der Waals surface area contributed by atoms with Crippen molar-refractivity contribution in [3.05, 3.63) is 33.6 Å². The maximum absolute atomic E-state index is 13.3. The van der Waals surface area contributed by atoms with E-state index in [2.05, 4.69) is 0 Å². The van der Waals surface area contributed by atoms with Crippen molar-refractivity contribution in [2.24, 2.45) is 11.8 Å². The van der Waals surface area contributed by atoms with E-state index < -0.39 is 11.8 Å². The first kappa shape index (κ1) is 15.5. The quantitative estimate of drug-likeness (QED) is 0.864. The van der Waals surface area contributed by atoms with Crippen molar-refractivity contribution in [2.75, 3.05) is 13.1 Å². The first-order valence-corrected chi connectivity index (χ1v) is 7.21. The molecule has 1 N–H and O–H groups in total. The highest BCUT2D eigenvalue weighted by Gasteiger charge is 2.29. The summed E-state index contributed by atoms with van der Waals surface area (Å²) in [5, 5.41) is 9.28. The summed E-state index contributed by atoms with van der Waals surface area (Å²) in [5.74, 6) is -1.38. The molecule has 1 aliphatic heterocycles. The highest BCUT2D eigenvalue weighted by Crippen LogP contribution is 2.31. The summed E-state index contributed by atoms with van der Waals surface area (Å²) in [5.41, 5.74) is 0.719. The third kappa shape index (κ3) is 3.43. The minimum absolute atomic E-state index is 0.0796. The van der Waals surface area contributed by atoms with Crippen LogP contribution in [-0.2, 0) is 11.3 Å². The summed E-state index contributed by atoms with van der Waals surface area (Å²) in [6.45, 7) is 3.79. The number of carbonyl (C=O) groups is 1. The molecule has 1 aromatic carbocycles. The third-order valence-corrected chi connectivity index (χ3v) is 4.49. The van der Waals surface area contributed by atoms with Gasteiger partial charge in [-0.2, -0.15) is 0 Å². The lowest BCUT2D eigenvalue weighted by Gasteiger charge is -2.34. The van der Waals surface area contributed by atoms with Crippen LogP contribution in [0, 0.1) is 17.7 Å². The predicted molar refractivity (Wildman–Crippen MR) is 76.6 cm³/mol. The van der Waals surface area contributed by atoms with Gasteiger partial charge in [0.1, 0.15) is 5.82 Å². The Balaban J connectivity index is 2.13. The molecule has 0 radical (unpaired) electrons. The number of hydrogen-bond acceptors (Lipinski definition) is 2. The molecule has 6 heteroatoms. The number of benzene rings is 1. The third-order valence-electron chi connectivity index (χ3n) is 3.59. The van der Waals surface area contributed by atoms with E-state index in [0.29, 0.717) is 25.4 Å². The molecule has 0 spiro atoms. The second kappa shape index (κ2) is 6.29. The summed E-state index contributed by atoms with van der Waals surface area (Å²) in [4.78, 5) is 13.2. The lowest BCUT2D eigenvalue weighted by atomic mass is 9.90. The maximum Gasteiger partial charge on any atom is 0.307 e. The van der Waals surface area contributed by atoms with E-state index in [1.54, 1.807) is 6.07 Å². The van der Waals surface area contributed by atoms with Crippen LogP contribution in [0.15, 0.2) is 12.1 Å². The average molecular weight is 320 g/mol. The second-order valence-corrected chi connectivity index (χ2v) is 6.16. The smallest absolute Gasteiger partial charge is 0.307 e. The van der Waals surface area contributed by atoms with E-state index in [0.717, 1.165) is 12.1 Å². The molecule has 0 saturated carbocycles. The molecule has 1 aromatic rings. The number of rotatable bonds is 3. The molecule has 1 fully saturated rings. The van der Waals surface area contributed by atoms with Crippen LogP contribution in [0.2, 0.25) is 10.0 Å². The Morgan fingerprint density at radius 3 is 2.75 bits per heavy atom. The average Bonchev–Trinajstić information content (AvgIpc) is 2.39. The molecule has 110 valence electrons. The Morgan fingerprint density at radius 1 is 1.40 bits per heavy atom. The molecule has 0 aromatic heterocycles. The molecule has 1 aliphatic rings. The molecule has 2 atom stereocenters. The molecule has 0 bridgehead atoms. The zero-order valence-electron chi connectivity index (χ0n) is 11.1. The van der Waals surface area contributed by atoms with Gasteiger partial charge in [0.2, 0.25) is 0 Å². The largest absolute Gasteiger partial charge is 0.481 e. The minimum Gasteiger partial charge on any atom is -0.481 e. The lowest BCUT2D eigenvalue weighted by molar-refractivity contribution is -0.144. The van der Waals surface area contributed by atoms with Crippen LogP contribution in [0.25, 0.3) is 0 Å². The zero-order valence-corrected chi connectivity index (χ0v) is 12.6. The van der Waals surface area contributed by atoms with Crippen molar-refractivity contribution < 1.29 is 14.3 Å². The molecule has 1 heterocycles. The van der Waals surface area contributed by atoms with Crippen molar-refractivity contribution in [2.45, 2.75) is 19.9 Å². The van der Waals surface area contributed by atoms with Crippen LogP contribution in [0.1, 0.15) is 18.9 Å². The van der Waals surface area contributed by atoms with Gasteiger partial charge in [-0.3, -0.25) is 9.69 Å². The molecular weight excluding hydrogens is 304 g/mol.